The first-order valence-corrected chi connectivity index (χ1v) is 7.98. The van der Waals surface area contributed by atoms with Gasteiger partial charge < -0.3 is 4.98 Å². The molecule has 0 radical (unpaired) electrons. The number of fused-ring (bicyclic) bond motifs is 1. The Hall–Kier alpha value is -2.99. The molecule has 118 valence electrons. The quantitative estimate of drug-likeness (QED) is 0.434. The highest BCUT2D eigenvalue weighted by atomic mass is 32.1. The topological polar surface area (TPSA) is 61.8 Å². The van der Waals surface area contributed by atoms with Gasteiger partial charge in [-0.1, -0.05) is 48.0 Å². The average Bonchev–Trinajstić information content (AvgIpc) is 3.18. The number of H-pyrrole nitrogens is 2. The monoisotopic (exact) mass is 333 g/mol. The second kappa shape index (κ2) is 5.90. The second-order valence-electron chi connectivity index (χ2n) is 5.57. The van der Waals surface area contributed by atoms with Gasteiger partial charge in [-0.05, 0) is 30.8 Å². The molecule has 2 aromatic heterocycles. The van der Waals surface area contributed by atoms with Gasteiger partial charge in [0.25, 0.3) is 0 Å². The molecule has 5 nitrogen and oxygen atoms in total. The number of aryl methyl sites for hydroxylation is 1. The summed E-state index contributed by atoms with van der Waals surface area (Å²) in [5.74, 6) is 0.681. The fourth-order valence-electron chi connectivity index (χ4n) is 2.61. The Kier molecular flexibility index (Phi) is 3.59. The Labute approximate surface area is 143 Å². The summed E-state index contributed by atoms with van der Waals surface area (Å²) < 4.78 is 2.10. The molecule has 4 aromatic rings. The molecule has 4 rings (SSSR count). The lowest BCUT2D eigenvalue weighted by Gasteiger charge is -2.00. The van der Waals surface area contributed by atoms with E-state index < -0.39 is 0 Å². The highest BCUT2D eigenvalue weighted by molar-refractivity contribution is 7.71. The van der Waals surface area contributed by atoms with Gasteiger partial charge in [0.1, 0.15) is 0 Å². The second-order valence-corrected chi connectivity index (χ2v) is 5.95. The van der Waals surface area contributed by atoms with Crippen LogP contribution >= 0.6 is 12.2 Å². The van der Waals surface area contributed by atoms with Crippen molar-refractivity contribution < 1.29 is 0 Å². The predicted molar refractivity (Wildman–Crippen MR) is 98.9 cm³/mol. The average molecular weight is 333 g/mol. The maximum Gasteiger partial charge on any atom is 0.216 e. The minimum absolute atomic E-state index is 0.457. The fraction of sp³-hybridized carbons (Fsp3) is 0.0556. The van der Waals surface area contributed by atoms with Crippen molar-refractivity contribution in [2.75, 3.05) is 0 Å². The fourth-order valence-corrected chi connectivity index (χ4v) is 2.79. The third-order valence-electron chi connectivity index (χ3n) is 3.88. The standard InChI is InChI=1S/C18H15N5S/c1-12-6-8-13(9-7-12)10-20-23-17(21-22-18(23)24)15-11-19-16-5-3-2-4-14(15)16/h2-11,19H,1H3,(H,22,24)/b20-10+. The highest BCUT2D eigenvalue weighted by Gasteiger charge is 2.12. The van der Waals surface area contributed by atoms with Gasteiger partial charge in [-0.3, -0.25) is 0 Å². The largest absolute Gasteiger partial charge is 0.360 e. The number of nitrogens with one attached hydrogen (secondary N) is 2. The van der Waals surface area contributed by atoms with Gasteiger partial charge in [-0.25, -0.2) is 5.10 Å². The molecule has 0 aliphatic heterocycles. The molecule has 0 aliphatic carbocycles. The van der Waals surface area contributed by atoms with Crippen molar-refractivity contribution in [3.63, 3.8) is 0 Å². The van der Waals surface area contributed by atoms with Gasteiger partial charge >= 0.3 is 0 Å². The zero-order chi connectivity index (χ0) is 16.5. The Bertz CT molecular complexity index is 1080. The van der Waals surface area contributed by atoms with E-state index in [0.717, 1.165) is 22.0 Å². The number of rotatable bonds is 3. The number of hydrogen-bond donors (Lipinski definition) is 2. The highest BCUT2D eigenvalue weighted by Crippen LogP contribution is 2.27. The van der Waals surface area contributed by atoms with Crippen LogP contribution in [0.25, 0.3) is 22.3 Å². The van der Waals surface area contributed by atoms with E-state index >= 15 is 0 Å². The third kappa shape index (κ3) is 2.57. The summed E-state index contributed by atoms with van der Waals surface area (Å²) in [7, 11) is 0. The molecule has 2 aromatic carbocycles. The van der Waals surface area contributed by atoms with E-state index in [9.17, 15) is 0 Å². The molecule has 0 bridgehead atoms. The Morgan fingerprint density at radius 3 is 2.75 bits per heavy atom. The lowest BCUT2D eigenvalue weighted by Crippen LogP contribution is -1.94. The first kappa shape index (κ1) is 14.6. The molecule has 0 saturated heterocycles. The van der Waals surface area contributed by atoms with Gasteiger partial charge in [0.05, 0.1) is 6.21 Å². The lowest BCUT2D eigenvalue weighted by molar-refractivity contribution is 0.872. The van der Waals surface area contributed by atoms with E-state index in [0.29, 0.717) is 10.6 Å². The van der Waals surface area contributed by atoms with Crippen molar-refractivity contribution in [1.29, 1.82) is 0 Å². The van der Waals surface area contributed by atoms with Gasteiger partial charge in [0, 0.05) is 22.7 Å². The molecule has 0 amide bonds. The maximum absolute atomic E-state index is 5.33. The van der Waals surface area contributed by atoms with Crippen molar-refractivity contribution in [2.45, 2.75) is 6.92 Å². The number of nitrogens with zero attached hydrogens (tertiary/aromatic N) is 3. The zero-order valence-corrected chi connectivity index (χ0v) is 13.8. The van der Waals surface area contributed by atoms with Gasteiger partial charge in [0.15, 0.2) is 5.82 Å². The minimum atomic E-state index is 0.457. The van der Waals surface area contributed by atoms with Crippen LogP contribution in [0.5, 0.6) is 0 Å². The summed E-state index contributed by atoms with van der Waals surface area (Å²) in [5.41, 5.74) is 4.23. The molecule has 0 aliphatic rings. The summed E-state index contributed by atoms with van der Waals surface area (Å²) >= 11 is 5.33. The SMILES string of the molecule is Cc1ccc(/C=N/n2c(-c3c[nH]c4ccccc34)n[nH]c2=S)cc1. The predicted octanol–water partition coefficient (Wildman–Crippen LogP) is 4.28. The van der Waals surface area contributed by atoms with Crippen LogP contribution in [0.1, 0.15) is 11.1 Å². The van der Waals surface area contributed by atoms with Crippen molar-refractivity contribution in [3.05, 3.63) is 70.6 Å². The molecule has 0 saturated carbocycles. The number of para-hydroxylation sites is 1. The number of benzene rings is 2. The zero-order valence-electron chi connectivity index (χ0n) is 13.0. The summed E-state index contributed by atoms with van der Waals surface area (Å²) in [4.78, 5) is 3.25. The molecule has 2 N–H and O–H groups in total. The van der Waals surface area contributed by atoms with Crippen molar-refractivity contribution >= 4 is 29.3 Å². The first-order chi connectivity index (χ1) is 11.7. The summed E-state index contributed by atoms with van der Waals surface area (Å²) in [5, 5.41) is 12.8. The van der Waals surface area contributed by atoms with Crippen LogP contribution in [0.2, 0.25) is 0 Å². The van der Waals surface area contributed by atoms with E-state index in [1.807, 2.05) is 42.6 Å². The normalized spacial score (nSPS) is 11.5. The van der Waals surface area contributed by atoms with Crippen LogP contribution in [0, 0.1) is 11.7 Å². The number of hydrogen-bond acceptors (Lipinski definition) is 3. The van der Waals surface area contributed by atoms with Crippen molar-refractivity contribution in [3.8, 4) is 11.4 Å². The molecule has 0 fully saturated rings. The van der Waals surface area contributed by atoms with Crippen LogP contribution < -0.4 is 0 Å². The Morgan fingerprint density at radius 1 is 1.12 bits per heavy atom. The lowest BCUT2D eigenvalue weighted by atomic mass is 10.2. The smallest absolute Gasteiger partial charge is 0.216 e. The molecular formula is C18H15N5S. The summed E-state index contributed by atoms with van der Waals surface area (Å²) in [6.45, 7) is 2.06. The van der Waals surface area contributed by atoms with Crippen molar-refractivity contribution in [2.24, 2.45) is 5.10 Å². The summed E-state index contributed by atoms with van der Waals surface area (Å²) in [6, 6.07) is 16.2. The molecular weight excluding hydrogens is 318 g/mol. The first-order valence-electron chi connectivity index (χ1n) is 7.57. The number of aromatic nitrogens is 4. The van der Waals surface area contributed by atoms with Gasteiger partial charge in [-0.15, -0.1) is 0 Å². The number of aromatic amines is 2. The van der Waals surface area contributed by atoms with E-state index in [1.54, 1.807) is 10.9 Å². The minimum Gasteiger partial charge on any atom is -0.360 e. The Balaban J connectivity index is 1.79. The molecule has 0 spiro atoms. The van der Waals surface area contributed by atoms with Crippen LogP contribution in [0.3, 0.4) is 0 Å². The van der Waals surface area contributed by atoms with Crippen molar-refractivity contribution in [1.82, 2.24) is 19.9 Å². The Morgan fingerprint density at radius 2 is 1.92 bits per heavy atom. The van der Waals surface area contributed by atoms with Crippen LogP contribution in [-0.2, 0) is 0 Å². The van der Waals surface area contributed by atoms with E-state index in [-0.39, 0.29) is 0 Å². The molecule has 0 unspecified atom stereocenters. The molecule has 0 atom stereocenters. The molecule has 6 heteroatoms. The van der Waals surface area contributed by atoms with E-state index in [2.05, 4.69) is 39.3 Å². The summed E-state index contributed by atoms with van der Waals surface area (Å²) in [6.07, 6.45) is 3.70. The van der Waals surface area contributed by atoms with Gasteiger partial charge in [-0.2, -0.15) is 14.9 Å². The van der Waals surface area contributed by atoms with Crippen LogP contribution in [0.15, 0.2) is 59.8 Å². The van der Waals surface area contributed by atoms with Crippen LogP contribution in [-0.4, -0.2) is 26.1 Å². The molecule has 2 heterocycles. The molecule has 24 heavy (non-hydrogen) atoms. The van der Waals surface area contributed by atoms with Crippen LogP contribution in [0.4, 0.5) is 0 Å². The maximum atomic E-state index is 5.33. The van der Waals surface area contributed by atoms with Gasteiger partial charge in [0.2, 0.25) is 4.77 Å². The van der Waals surface area contributed by atoms with E-state index in [1.165, 1.54) is 5.56 Å². The van der Waals surface area contributed by atoms with E-state index in [4.69, 9.17) is 12.2 Å². The third-order valence-corrected chi connectivity index (χ3v) is 4.14.